The van der Waals surface area contributed by atoms with Crippen molar-refractivity contribution in [2.75, 3.05) is 43.4 Å². The lowest BCUT2D eigenvalue weighted by Gasteiger charge is -2.23. The van der Waals surface area contributed by atoms with Crippen molar-refractivity contribution in [2.45, 2.75) is 32.1 Å². The molecule has 0 radical (unpaired) electrons. The van der Waals surface area contributed by atoms with Gasteiger partial charge in [0.05, 0.1) is 16.0 Å². The first-order valence-corrected chi connectivity index (χ1v) is 11.7. The minimum absolute atomic E-state index is 0.120. The van der Waals surface area contributed by atoms with Gasteiger partial charge in [-0.3, -0.25) is 19.2 Å². The number of fused-ring (bicyclic) bond motifs is 1. The number of nitro groups is 1. The van der Waals surface area contributed by atoms with Crippen LogP contribution in [0.15, 0.2) is 29.3 Å². The molecule has 182 valence electrons. The SMILES string of the molecule is CN(CCCN1CCCCCC1)c1ncnc(Nc2ccc3c(c2)n(C)c(=O)n3C)c1[N+](=O)[O-]. The average Bonchev–Trinajstić information content (AvgIpc) is 3.01. The summed E-state index contributed by atoms with van der Waals surface area (Å²) < 4.78 is 3.10. The van der Waals surface area contributed by atoms with Crippen LogP contribution in [-0.4, -0.2) is 62.2 Å². The Morgan fingerprint density at radius 3 is 2.50 bits per heavy atom. The molecule has 0 bridgehead atoms. The molecule has 1 aromatic carbocycles. The van der Waals surface area contributed by atoms with Crippen molar-refractivity contribution in [1.82, 2.24) is 24.0 Å². The van der Waals surface area contributed by atoms with Crippen LogP contribution in [0.4, 0.5) is 23.0 Å². The van der Waals surface area contributed by atoms with Gasteiger partial charge < -0.3 is 15.1 Å². The Bertz CT molecular complexity index is 1230. The average molecular weight is 469 g/mol. The van der Waals surface area contributed by atoms with Crippen LogP contribution < -0.4 is 15.9 Å². The van der Waals surface area contributed by atoms with Crippen LogP contribution in [0.1, 0.15) is 32.1 Å². The van der Waals surface area contributed by atoms with E-state index in [2.05, 4.69) is 20.2 Å². The summed E-state index contributed by atoms with van der Waals surface area (Å²) in [4.78, 5) is 36.5. The van der Waals surface area contributed by atoms with Gasteiger partial charge in [0.15, 0.2) is 0 Å². The van der Waals surface area contributed by atoms with Crippen LogP contribution in [0.2, 0.25) is 0 Å². The predicted molar refractivity (Wildman–Crippen MR) is 133 cm³/mol. The van der Waals surface area contributed by atoms with Gasteiger partial charge in [-0.15, -0.1) is 0 Å². The summed E-state index contributed by atoms with van der Waals surface area (Å²) in [6.45, 7) is 3.89. The molecule has 0 unspecified atom stereocenters. The third-order valence-corrected chi connectivity index (χ3v) is 6.55. The maximum atomic E-state index is 12.2. The molecule has 0 saturated carbocycles. The number of benzene rings is 1. The highest BCUT2D eigenvalue weighted by molar-refractivity contribution is 5.83. The summed E-state index contributed by atoms with van der Waals surface area (Å²) in [6, 6.07) is 5.37. The van der Waals surface area contributed by atoms with E-state index in [1.54, 1.807) is 35.4 Å². The first kappa shape index (κ1) is 23.7. The van der Waals surface area contributed by atoms with E-state index < -0.39 is 4.92 Å². The second-order valence-electron chi connectivity index (χ2n) is 8.91. The minimum Gasteiger partial charge on any atom is -0.354 e. The number of imidazole rings is 1. The van der Waals surface area contributed by atoms with Crippen LogP contribution in [0.5, 0.6) is 0 Å². The quantitative estimate of drug-likeness (QED) is 0.396. The van der Waals surface area contributed by atoms with Gasteiger partial charge in [0, 0.05) is 33.4 Å². The molecule has 0 aliphatic carbocycles. The van der Waals surface area contributed by atoms with Crippen molar-refractivity contribution in [3.63, 3.8) is 0 Å². The Morgan fingerprint density at radius 2 is 1.79 bits per heavy atom. The van der Waals surface area contributed by atoms with Crippen LogP contribution in [0.25, 0.3) is 11.0 Å². The maximum Gasteiger partial charge on any atom is 0.353 e. The van der Waals surface area contributed by atoms with Gasteiger partial charge in [-0.1, -0.05) is 12.8 Å². The number of likely N-dealkylation sites (tertiary alicyclic amines) is 1. The molecule has 1 aliphatic heterocycles. The van der Waals surface area contributed by atoms with E-state index in [1.807, 2.05) is 18.0 Å². The Labute approximate surface area is 198 Å². The summed E-state index contributed by atoms with van der Waals surface area (Å²) in [6.07, 6.45) is 7.32. The van der Waals surface area contributed by atoms with E-state index in [0.29, 0.717) is 12.2 Å². The largest absolute Gasteiger partial charge is 0.354 e. The lowest BCUT2D eigenvalue weighted by Crippen LogP contribution is -2.29. The fourth-order valence-electron chi connectivity index (χ4n) is 4.63. The van der Waals surface area contributed by atoms with Gasteiger partial charge in [-0.2, -0.15) is 0 Å². The van der Waals surface area contributed by atoms with E-state index in [4.69, 9.17) is 0 Å². The topological polar surface area (TPSA) is 114 Å². The Balaban J connectivity index is 1.52. The first-order chi connectivity index (χ1) is 16.4. The van der Waals surface area contributed by atoms with Crippen LogP contribution >= 0.6 is 0 Å². The smallest absolute Gasteiger partial charge is 0.353 e. The highest BCUT2D eigenvalue weighted by atomic mass is 16.6. The third-order valence-electron chi connectivity index (χ3n) is 6.55. The highest BCUT2D eigenvalue weighted by Crippen LogP contribution is 2.33. The highest BCUT2D eigenvalue weighted by Gasteiger charge is 2.26. The summed E-state index contributed by atoms with van der Waals surface area (Å²) in [5.41, 5.74) is 1.80. The number of hydrogen-bond acceptors (Lipinski definition) is 8. The number of hydrogen-bond donors (Lipinski definition) is 1. The number of aryl methyl sites for hydroxylation is 2. The molecule has 3 aromatic rings. The Morgan fingerprint density at radius 1 is 1.09 bits per heavy atom. The van der Waals surface area contributed by atoms with E-state index in [0.717, 1.165) is 37.1 Å². The molecule has 2 aromatic heterocycles. The summed E-state index contributed by atoms with van der Waals surface area (Å²) in [7, 11) is 5.23. The van der Waals surface area contributed by atoms with Crippen LogP contribution in [0.3, 0.4) is 0 Å². The molecular weight excluding hydrogens is 436 g/mol. The zero-order chi connectivity index (χ0) is 24.2. The van der Waals surface area contributed by atoms with Crippen molar-refractivity contribution in [3.05, 3.63) is 45.1 Å². The van der Waals surface area contributed by atoms with Crippen molar-refractivity contribution in [3.8, 4) is 0 Å². The molecule has 0 spiro atoms. The van der Waals surface area contributed by atoms with Crippen molar-refractivity contribution < 1.29 is 4.92 Å². The van der Waals surface area contributed by atoms with Gasteiger partial charge in [0.2, 0.25) is 11.6 Å². The molecule has 4 rings (SSSR count). The summed E-state index contributed by atoms with van der Waals surface area (Å²) in [5, 5.41) is 15.1. The van der Waals surface area contributed by atoms with Crippen LogP contribution in [0, 0.1) is 10.1 Å². The van der Waals surface area contributed by atoms with Gasteiger partial charge in [-0.25, -0.2) is 14.8 Å². The Hall–Kier alpha value is -3.47. The van der Waals surface area contributed by atoms with Gasteiger partial charge in [0.1, 0.15) is 6.33 Å². The van der Waals surface area contributed by atoms with E-state index in [1.165, 1.54) is 32.0 Å². The Kier molecular flexibility index (Phi) is 7.11. The molecule has 1 fully saturated rings. The first-order valence-electron chi connectivity index (χ1n) is 11.7. The number of rotatable bonds is 8. The minimum atomic E-state index is -0.445. The molecule has 0 amide bonds. The maximum absolute atomic E-state index is 12.2. The predicted octanol–water partition coefficient (Wildman–Crippen LogP) is 3.02. The van der Waals surface area contributed by atoms with Gasteiger partial charge in [0.25, 0.3) is 0 Å². The molecule has 11 heteroatoms. The lowest BCUT2D eigenvalue weighted by molar-refractivity contribution is -0.383. The fourth-order valence-corrected chi connectivity index (χ4v) is 4.63. The van der Waals surface area contributed by atoms with Gasteiger partial charge >= 0.3 is 11.4 Å². The molecule has 1 saturated heterocycles. The molecule has 1 N–H and O–H groups in total. The summed E-state index contributed by atoms with van der Waals surface area (Å²) in [5.74, 6) is 0.404. The number of nitrogens with one attached hydrogen (secondary N) is 1. The normalized spacial score (nSPS) is 14.8. The number of nitrogens with zero attached hydrogens (tertiary/aromatic N) is 7. The fraction of sp³-hybridized carbons (Fsp3) is 0.522. The van der Waals surface area contributed by atoms with Crippen molar-refractivity contribution >= 4 is 34.0 Å². The van der Waals surface area contributed by atoms with Gasteiger partial charge in [-0.05, 0) is 57.1 Å². The van der Waals surface area contributed by atoms with Crippen LogP contribution in [-0.2, 0) is 14.1 Å². The van der Waals surface area contributed by atoms with Crippen molar-refractivity contribution in [1.29, 1.82) is 0 Å². The molecule has 0 atom stereocenters. The lowest BCUT2D eigenvalue weighted by atomic mass is 10.2. The van der Waals surface area contributed by atoms with E-state index >= 15 is 0 Å². The molecular formula is C23H32N8O3. The zero-order valence-electron chi connectivity index (χ0n) is 20.0. The molecule has 1 aliphatic rings. The van der Waals surface area contributed by atoms with Crippen molar-refractivity contribution in [2.24, 2.45) is 14.1 Å². The number of aromatic nitrogens is 4. The molecule has 11 nitrogen and oxygen atoms in total. The van der Waals surface area contributed by atoms with E-state index in [9.17, 15) is 14.9 Å². The van der Waals surface area contributed by atoms with E-state index in [-0.39, 0.29) is 23.0 Å². The molecule has 3 heterocycles. The third kappa shape index (κ3) is 4.89. The zero-order valence-corrected chi connectivity index (χ0v) is 20.0. The second-order valence-corrected chi connectivity index (χ2v) is 8.91. The standard InChI is InChI=1S/C23H32N8O3/c1-27(11-8-14-30-12-6-4-5-7-13-30)22-20(31(33)34)21(24-16-25-22)26-17-9-10-18-19(15-17)29(3)23(32)28(18)2/h9-10,15-16H,4-8,11-14H2,1-3H3,(H,24,25,26). The second kappa shape index (κ2) is 10.2. The molecule has 34 heavy (non-hydrogen) atoms. The monoisotopic (exact) mass is 468 g/mol. The number of anilines is 3. The summed E-state index contributed by atoms with van der Waals surface area (Å²) >= 11 is 0.